The second-order valence-corrected chi connectivity index (χ2v) is 6.97. The van der Waals surface area contributed by atoms with E-state index in [1.807, 2.05) is 32.0 Å². The molecule has 2 aliphatic heterocycles. The van der Waals surface area contributed by atoms with Gasteiger partial charge in [-0.3, -0.25) is 14.3 Å². The molecule has 23 heavy (non-hydrogen) atoms. The molecule has 2 saturated heterocycles. The number of amides is 2. The second kappa shape index (κ2) is 5.96. The maximum Gasteiger partial charge on any atom is 0.228 e. The van der Waals surface area contributed by atoms with E-state index in [4.69, 9.17) is 4.74 Å². The molecule has 126 valence electrons. The maximum atomic E-state index is 13.0. The van der Waals surface area contributed by atoms with Crippen LogP contribution in [-0.2, 0) is 21.4 Å². The van der Waals surface area contributed by atoms with Crippen molar-refractivity contribution in [2.45, 2.75) is 32.2 Å². The number of hydrogen-bond acceptors (Lipinski definition) is 4. The summed E-state index contributed by atoms with van der Waals surface area (Å²) in [5.74, 6) is 0.0215. The Balaban J connectivity index is 1.75. The predicted molar refractivity (Wildman–Crippen MR) is 84.9 cm³/mol. The number of rotatable bonds is 2. The number of nitrogens with zero attached hydrogens (tertiary/aromatic N) is 4. The SMILES string of the molecule is Cn1cc(N2CC(C(=O)N3CCOCC3(C)C)CCC2=O)cn1. The molecular weight excluding hydrogens is 296 g/mol. The Kier molecular flexibility index (Phi) is 4.14. The number of carbonyl (C=O) groups excluding carboxylic acids is 2. The molecule has 2 aliphatic rings. The van der Waals surface area contributed by atoms with Crippen LogP contribution in [0.5, 0.6) is 0 Å². The molecule has 3 rings (SSSR count). The third-order valence-corrected chi connectivity index (χ3v) is 4.67. The van der Waals surface area contributed by atoms with Crippen LogP contribution in [0.2, 0.25) is 0 Å². The van der Waals surface area contributed by atoms with E-state index in [1.54, 1.807) is 15.8 Å². The Hall–Kier alpha value is -1.89. The van der Waals surface area contributed by atoms with E-state index in [1.165, 1.54) is 0 Å². The Morgan fingerprint density at radius 3 is 2.87 bits per heavy atom. The Morgan fingerprint density at radius 1 is 1.43 bits per heavy atom. The van der Waals surface area contributed by atoms with E-state index >= 15 is 0 Å². The van der Waals surface area contributed by atoms with Gasteiger partial charge in [-0.1, -0.05) is 0 Å². The molecule has 0 aliphatic carbocycles. The van der Waals surface area contributed by atoms with Crippen molar-refractivity contribution in [3.05, 3.63) is 12.4 Å². The van der Waals surface area contributed by atoms with Gasteiger partial charge in [0.1, 0.15) is 0 Å². The molecule has 1 atom stereocenters. The molecule has 0 saturated carbocycles. The van der Waals surface area contributed by atoms with Crippen molar-refractivity contribution in [3.63, 3.8) is 0 Å². The number of aromatic nitrogens is 2. The molecule has 1 unspecified atom stereocenters. The summed E-state index contributed by atoms with van der Waals surface area (Å²) < 4.78 is 7.16. The summed E-state index contributed by atoms with van der Waals surface area (Å²) in [4.78, 5) is 28.8. The lowest BCUT2D eigenvalue weighted by molar-refractivity contribution is -0.151. The van der Waals surface area contributed by atoms with Crippen LogP contribution in [0.3, 0.4) is 0 Å². The molecule has 3 heterocycles. The van der Waals surface area contributed by atoms with Gasteiger partial charge in [0, 0.05) is 32.8 Å². The average Bonchev–Trinajstić information content (AvgIpc) is 2.93. The lowest BCUT2D eigenvalue weighted by atomic mass is 9.92. The number of piperidine rings is 1. The number of hydrogen-bond donors (Lipinski definition) is 0. The van der Waals surface area contributed by atoms with Crippen LogP contribution in [0.4, 0.5) is 5.69 Å². The number of aryl methyl sites for hydroxylation is 1. The fourth-order valence-electron chi connectivity index (χ4n) is 3.33. The minimum Gasteiger partial charge on any atom is -0.377 e. The lowest BCUT2D eigenvalue weighted by Gasteiger charge is -2.44. The third kappa shape index (κ3) is 3.10. The quantitative estimate of drug-likeness (QED) is 0.808. The minimum atomic E-state index is -0.296. The molecule has 1 aromatic heterocycles. The summed E-state index contributed by atoms with van der Waals surface area (Å²) in [6.07, 6.45) is 4.49. The summed E-state index contributed by atoms with van der Waals surface area (Å²) in [7, 11) is 1.82. The first-order chi connectivity index (χ1) is 10.9. The molecule has 2 fully saturated rings. The zero-order valence-corrected chi connectivity index (χ0v) is 14.0. The van der Waals surface area contributed by atoms with Crippen LogP contribution in [0, 0.1) is 5.92 Å². The Morgan fingerprint density at radius 2 is 2.22 bits per heavy atom. The zero-order valence-electron chi connectivity index (χ0n) is 14.0. The molecule has 7 nitrogen and oxygen atoms in total. The van der Waals surface area contributed by atoms with Gasteiger partial charge in [-0.15, -0.1) is 0 Å². The van der Waals surface area contributed by atoms with Crippen LogP contribution < -0.4 is 4.90 Å². The van der Waals surface area contributed by atoms with Crippen molar-refractivity contribution >= 4 is 17.5 Å². The number of ether oxygens (including phenoxy) is 1. The van der Waals surface area contributed by atoms with Crippen molar-refractivity contribution in [2.75, 3.05) is 31.2 Å². The molecule has 0 spiro atoms. The zero-order chi connectivity index (χ0) is 16.6. The average molecular weight is 320 g/mol. The van der Waals surface area contributed by atoms with E-state index in [9.17, 15) is 9.59 Å². The molecule has 0 radical (unpaired) electrons. The van der Waals surface area contributed by atoms with Crippen LogP contribution >= 0.6 is 0 Å². The monoisotopic (exact) mass is 320 g/mol. The summed E-state index contributed by atoms with van der Waals surface area (Å²) in [6.45, 7) is 6.22. The first-order valence-corrected chi connectivity index (χ1v) is 8.07. The molecule has 1 aromatic rings. The van der Waals surface area contributed by atoms with Gasteiger partial charge in [0.2, 0.25) is 11.8 Å². The number of anilines is 1. The Bertz CT molecular complexity index is 610. The standard InChI is InChI=1S/C16H24N4O3/c1-16(2)11-23-7-6-20(16)15(22)12-4-5-14(21)19(9-12)13-8-17-18(3)10-13/h8,10,12H,4-7,9,11H2,1-3H3. The van der Waals surface area contributed by atoms with Crippen LogP contribution in [0.15, 0.2) is 12.4 Å². The van der Waals surface area contributed by atoms with Gasteiger partial charge in [-0.2, -0.15) is 5.10 Å². The van der Waals surface area contributed by atoms with Gasteiger partial charge < -0.3 is 14.5 Å². The van der Waals surface area contributed by atoms with Gasteiger partial charge >= 0.3 is 0 Å². The third-order valence-electron chi connectivity index (χ3n) is 4.67. The first kappa shape index (κ1) is 16.0. The van der Waals surface area contributed by atoms with Crippen molar-refractivity contribution in [2.24, 2.45) is 13.0 Å². The first-order valence-electron chi connectivity index (χ1n) is 8.07. The number of carbonyl (C=O) groups is 2. The van der Waals surface area contributed by atoms with E-state index in [-0.39, 0.29) is 23.3 Å². The highest BCUT2D eigenvalue weighted by Gasteiger charge is 2.40. The number of morpholine rings is 1. The fraction of sp³-hybridized carbons (Fsp3) is 0.688. The van der Waals surface area contributed by atoms with Gasteiger partial charge in [0.05, 0.1) is 36.6 Å². The molecule has 0 N–H and O–H groups in total. The summed E-state index contributed by atoms with van der Waals surface area (Å²) in [6, 6.07) is 0. The van der Waals surface area contributed by atoms with Crippen LogP contribution in [0.25, 0.3) is 0 Å². The van der Waals surface area contributed by atoms with Crippen molar-refractivity contribution in [1.29, 1.82) is 0 Å². The highest BCUT2D eigenvalue weighted by Crippen LogP contribution is 2.28. The summed E-state index contributed by atoms with van der Waals surface area (Å²) in [5.41, 5.74) is 0.465. The molecular formula is C16H24N4O3. The molecule has 0 aromatic carbocycles. The molecule has 7 heteroatoms. The Labute approximate surface area is 136 Å². The van der Waals surface area contributed by atoms with Crippen LogP contribution in [-0.4, -0.2) is 58.3 Å². The van der Waals surface area contributed by atoms with Gasteiger partial charge in [-0.25, -0.2) is 0 Å². The lowest BCUT2D eigenvalue weighted by Crippen LogP contribution is -2.58. The van der Waals surface area contributed by atoms with Gasteiger partial charge in [0.25, 0.3) is 0 Å². The van der Waals surface area contributed by atoms with E-state index in [0.29, 0.717) is 39.1 Å². The normalized spacial score (nSPS) is 24.8. The van der Waals surface area contributed by atoms with Gasteiger partial charge in [0.15, 0.2) is 0 Å². The highest BCUT2D eigenvalue weighted by atomic mass is 16.5. The van der Waals surface area contributed by atoms with Crippen LogP contribution in [0.1, 0.15) is 26.7 Å². The van der Waals surface area contributed by atoms with E-state index in [2.05, 4.69) is 5.10 Å². The van der Waals surface area contributed by atoms with E-state index in [0.717, 1.165) is 5.69 Å². The van der Waals surface area contributed by atoms with Crippen molar-refractivity contribution in [1.82, 2.24) is 14.7 Å². The minimum absolute atomic E-state index is 0.0586. The summed E-state index contributed by atoms with van der Waals surface area (Å²) in [5, 5.41) is 4.12. The molecule has 0 bridgehead atoms. The predicted octanol–water partition coefficient (Wildman–Crippen LogP) is 0.800. The van der Waals surface area contributed by atoms with Crippen molar-refractivity contribution in [3.8, 4) is 0 Å². The van der Waals surface area contributed by atoms with Crippen molar-refractivity contribution < 1.29 is 14.3 Å². The summed E-state index contributed by atoms with van der Waals surface area (Å²) >= 11 is 0. The highest BCUT2D eigenvalue weighted by molar-refractivity contribution is 5.96. The van der Waals surface area contributed by atoms with Gasteiger partial charge in [-0.05, 0) is 20.3 Å². The maximum absolute atomic E-state index is 13.0. The van der Waals surface area contributed by atoms with E-state index < -0.39 is 0 Å². The largest absolute Gasteiger partial charge is 0.377 e. The molecule has 2 amide bonds. The smallest absolute Gasteiger partial charge is 0.228 e. The second-order valence-electron chi connectivity index (χ2n) is 6.97. The fourth-order valence-corrected chi connectivity index (χ4v) is 3.33. The topological polar surface area (TPSA) is 67.7 Å².